The van der Waals surface area contributed by atoms with Crippen LogP contribution in [0.3, 0.4) is 0 Å². The fourth-order valence-corrected chi connectivity index (χ4v) is 2.56. The third kappa shape index (κ3) is 3.18. The Kier molecular flexibility index (Phi) is 4.18. The SMILES string of the molecule is CC(C)CN(c1ccc([C@@H](C)N)cc1Cl)C1CC1. The minimum Gasteiger partial charge on any atom is -0.367 e. The molecule has 0 bridgehead atoms. The Balaban J connectivity index is 2.24. The molecule has 18 heavy (non-hydrogen) atoms. The lowest BCUT2D eigenvalue weighted by molar-refractivity contribution is 0.607. The van der Waals surface area contributed by atoms with E-state index in [0.717, 1.165) is 22.8 Å². The van der Waals surface area contributed by atoms with E-state index in [-0.39, 0.29) is 6.04 Å². The molecule has 1 atom stereocenters. The van der Waals surface area contributed by atoms with E-state index < -0.39 is 0 Å². The molecule has 1 aliphatic rings. The summed E-state index contributed by atoms with van der Waals surface area (Å²) in [6.07, 6.45) is 2.58. The second-order valence-electron chi connectivity index (χ2n) is 5.78. The van der Waals surface area contributed by atoms with Gasteiger partial charge in [-0.15, -0.1) is 0 Å². The van der Waals surface area contributed by atoms with Crippen LogP contribution in [0.5, 0.6) is 0 Å². The number of hydrogen-bond acceptors (Lipinski definition) is 2. The summed E-state index contributed by atoms with van der Waals surface area (Å²) in [6, 6.07) is 6.96. The number of anilines is 1. The van der Waals surface area contributed by atoms with Gasteiger partial charge in [-0.2, -0.15) is 0 Å². The highest BCUT2D eigenvalue weighted by atomic mass is 35.5. The van der Waals surface area contributed by atoms with Crippen molar-refractivity contribution < 1.29 is 0 Å². The van der Waals surface area contributed by atoms with Crippen LogP contribution in [0.1, 0.15) is 45.2 Å². The Morgan fingerprint density at radius 3 is 2.44 bits per heavy atom. The summed E-state index contributed by atoms with van der Waals surface area (Å²) in [4.78, 5) is 2.46. The van der Waals surface area contributed by atoms with Gasteiger partial charge in [0.05, 0.1) is 10.7 Å². The van der Waals surface area contributed by atoms with E-state index in [4.69, 9.17) is 17.3 Å². The zero-order valence-electron chi connectivity index (χ0n) is 11.5. The monoisotopic (exact) mass is 266 g/mol. The first-order valence-corrected chi connectivity index (χ1v) is 7.18. The van der Waals surface area contributed by atoms with E-state index in [1.807, 2.05) is 13.0 Å². The summed E-state index contributed by atoms with van der Waals surface area (Å²) in [7, 11) is 0. The lowest BCUT2D eigenvalue weighted by Gasteiger charge is -2.28. The molecule has 0 radical (unpaired) electrons. The highest BCUT2D eigenvalue weighted by Crippen LogP contribution is 2.37. The third-order valence-electron chi connectivity index (χ3n) is 3.36. The van der Waals surface area contributed by atoms with Crippen LogP contribution < -0.4 is 10.6 Å². The Hall–Kier alpha value is -0.730. The molecule has 1 aromatic rings. The van der Waals surface area contributed by atoms with Gasteiger partial charge in [0, 0.05) is 18.6 Å². The maximum Gasteiger partial charge on any atom is 0.0642 e. The van der Waals surface area contributed by atoms with Crippen molar-refractivity contribution in [1.29, 1.82) is 0 Å². The molecule has 0 aromatic heterocycles. The number of rotatable bonds is 5. The normalized spacial score (nSPS) is 17.0. The van der Waals surface area contributed by atoms with Gasteiger partial charge >= 0.3 is 0 Å². The van der Waals surface area contributed by atoms with Gasteiger partial charge in [0.1, 0.15) is 0 Å². The van der Waals surface area contributed by atoms with Crippen molar-refractivity contribution in [2.24, 2.45) is 11.7 Å². The van der Waals surface area contributed by atoms with Crippen LogP contribution >= 0.6 is 11.6 Å². The minimum absolute atomic E-state index is 0.0380. The van der Waals surface area contributed by atoms with Crippen molar-refractivity contribution >= 4 is 17.3 Å². The number of hydrogen-bond donors (Lipinski definition) is 1. The van der Waals surface area contributed by atoms with Gasteiger partial charge in [0.2, 0.25) is 0 Å². The average Bonchev–Trinajstić information content (AvgIpc) is 3.09. The summed E-state index contributed by atoms with van der Waals surface area (Å²) >= 11 is 6.43. The van der Waals surface area contributed by atoms with Crippen LogP contribution in [-0.4, -0.2) is 12.6 Å². The van der Waals surface area contributed by atoms with E-state index in [0.29, 0.717) is 12.0 Å². The van der Waals surface area contributed by atoms with Gasteiger partial charge < -0.3 is 10.6 Å². The molecular weight excluding hydrogens is 244 g/mol. The van der Waals surface area contributed by atoms with Crippen LogP contribution in [0.2, 0.25) is 5.02 Å². The maximum absolute atomic E-state index is 6.43. The molecule has 1 fully saturated rings. The van der Waals surface area contributed by atoms with Gasteiger partial charge in [-0.3, -0.25) is 0 Å². The van der Waals surface area contributed by atoms with Gasteiger partial charge in [0.15, 0.2) is 0 Å². The first-order valence-electron chi connectivity index (χ1n) is 6.80. The molecule has 100 valence electrons. The van der Waals surface area contributed by atoms with Gasteiger partial charge in [-0.1, -0.05) is 31.5 Å². The summed E-state index contributed by atoms with van der Waals surface area (Å²) in [5.74, 6) is 0.648. The average molecular weight is 267 g/mol. The summed E-state index contributed by atoms with van der Waals surface area (Å²) < 4.78 is 0. The molecule has 0 spiro atoms. The smallest absolute Gasteiger partial charge is 0.0642 e. The van der Waals surface area contributed by atoms with Gasteiger partial charge in [-0.05, 0) is 43.4 Å². The van der Waals surface area contributed by atoms with Crippen LogP contribution in [0, 0.1) is 5.92 Å². The lowest BCUT2D eigenvalue weighted by Crippen LogP contribution is -2.30. The zero-order valence-corrected chi connectivity index (χ0v) is 12.2. The fourth-order valence-electron chi connectivity index (χ4n) is 2.26. The highest BCUT2D eigenvalue weighted by molar-refractivity contribution is 6.33. The Bertz CT molecular complexity index is 411. The minimum atomic E-state index is 0.0380. The summed E-state index contributed by atoms with van der Waals surface area (Å²) in [6.45, 7) is 7.55. The number of nitrogens with two attached hydrogens (primary N) is 1. The molecule has 1 aliphatic carbocycles. The van der Waals surface area contributed by atoms with E-state index >= 15 is 0 Å². The molecule has 1 aromatic carbocycles. The van der Waals surface area contributed by atoms with Gasteiger partial charge in [-0.25, -0.2) is 0 Å². The standard InChI is InChI=1S/C15H23ClN2/c1-10(2)9-18(13-5-6-13)15-7-4-12(11(3)17)8-14(15)16/h4,7-8,10-11,13H,5-6,9,17H2,1-3H3/t11-/m1/s1. The topological polar surface area (TPSA) is 29.3 Å². The largest absolute Gasteiger partial charge is 0.367 e. The van der Waals surface area contributed by atoms with Crippen molar-refractivity contribution in [3.05, 3.63) is 28.8 Å². The molecule has 1 saturated carbocycles. The predicted octanol–water partition coefficient (Wildman–Crippen LogP) is 3.98. The quantitative estimate of drug-likeness (QED) is 0.873. The van der Waals surface area contributed by atoms with Crippen molar-refractivity contribution in [3.8, 4) is 0 Å². The Morgan fingerprint density at radius 2 is 2.00 bits per heavy atom. The number of benzene rings is 1. The molecule has 2 nitrogen and oxygen atoms in total. The van der Waals surface area contributed by atoms with Crippen LogP contribution in [0.15, 0.2) is 18.2 Å². The van der Waals surface area contributed by atoms with E-state index in [1.165, 1.54) is 12.8 Å². The lowest BCUT2D eigenvalue weighted by atomic mass is 10.1. The van der Waals surface area contributed by atoms with E-state index in [2.05, 4.69) is 30.9 Å². The molecule has 0 saturated heterocycles. The first-order chi connectivity index (χ1) is 8.49. The molecular formula is C15H23ClN2. The Morgan fingerprint density at radius 1 is 1.33 bits per heavy atom. The second kappa shape index (κ2) is 5.50. The van der Waals surface area contributed by atoms with Crippen LogP contribution in [0.25, 0.3) is 0 Å². The van der Waals surface area contributed by atoms with Crippen LogP contribution in [-0.2, 0) is 0 Å². The molecule has 0 aliphatic heterocycles. The van der Waals surface area contributed by atoms with Crippen molar-refractivity contribution in [1.82, 2.24) is 0 Å². The molecule has 3 heteroatoms. The van der Waals surface area contributed by atoms with E-state index in [1.54, 1.807) is 0 Å². The molecule has 0 heterocycles. The van der Waals surface area contributed by atoms with Crippen LogP contribution in [0.4, 0.5) is 5.69 Å². The predicted molar refractivity (Wildman–Crippen MR) is 79.3 cm³/mol. The maximum atomic E-state index is 6.43. The second-order valence-corrected chi connectivity index (χ2v) is 6.18. The number of halogens is 1. The van der Waals surface area contributed by atoms with Crippen molar-refractivity contribution in [2.45, 2.75) is 45.7 Å². The fraction of sp³-hybridized carbons (Fsp3) is 0.600. The molecule has 2 N–H and O–H groups in total. The first kappa shape index (κ1) is 13.7. The third-order valence-corrected chi connectivity index (χ3v) is 3.66. The number of nitrogens with zero attached hydrogens (tertiary/aromatic N) is 1. The zero-order chi connectivity index (χ0) is 13.3. The highest BCUT2D eigenvalue weighted by Gasteiger charge is 2.30. The summed E-state index contributed by atoms with van der Waals surface area (Å²) in [5, 5.41) is 0.831. The van der Waals surface area contributed by atoms with Crippen molar-refractivity contribution in [3.63, 3.8) is 0 Å². The molecule has 0 unspecified atom stereocenters. The summed E-state index contributed by atoms with van der Waals surface area (Å²) in [5.41, 5.74) is 8.15. The van der Waals surface area contributed by atoms with E-state index in [9.17, 15) is 0 Å². The van der Waals surface area contributed by atoms with Crippen molar-refractivity contribution in [2.75, 3.05) is 11.4 Å². The Labute approximate surface area is 115 Å². The van der Waals surface area contributed by atoms with Gasteiger partial charge in [0.25, 0.3) is 0 Å². The molecule has 0 amide bonds. The molecule has 2 rings (SSSR count).